The zero-order valence-electron chi connectivity index (χ0n) is 19.1. The SMILES string of the molecule is CCCNCC(=O)Nc1cccc(-c2cnc(-c3cccc4[nH]c(CNCCC)nc34)o2)c1. The number of rotatable bonds is 11. The summed E-state index contributed by atoms with van der Waals surface area (Å²) in [6, 6.07) is 13.5. The highest BCUT2D eigenvalue weighted by Crippen LogP contribution is 2.31. The summed E-state index contributed by atoms with van der Waals surface area (Å²) in [7, 11) is 0. The second kappa shape index (κ2) is 10.9. The number of H-pyrrole nitrogens is 1. The Morgan fingerprint density at radius 1 is 1.06 bits per heavy atom. The van der Waals surface area contributed by atoms with Gasteiger partial charge < -0.3 is 25.4 Å². The maximum atomic E-state index is 12.1. The topological polar surface area (TPSA) is 108 Å². The second-order valence-corrected chi connectivity index (χ2v) is 7.90. The molecule has 0 radical (unpaired) electrons. The summed E-state index contributed by atoms with van der Waals surface area (Å²) in [5, 5.41) is 9.38. The van der Waals surface area contributed by atoms with Crippen molar-refractivity contribution in [3.8, 4) is 22.8 Å². The third-order valence-corrected chi connectivity index (χ3v) is 5.16. The van der Waals surface area contributed by atoms with Crippen LogP contribution in [0.3, 0.4) is 0 Å². The van der Waals surface area contributed by atoms with E-state index in [0.29, 0.717) is 23.9 Å². The summed E-state index contributed by atoms with van der Waals surface area (Å²) >= 11 is 0. The highest BCUT2D eigenvalue weighted by Gasteiger charge is 2.15. The molecular weight excluding hydrogens is 416 g/mol. The Kier molecular flexibility index (Phi) is 7.49. The number of aromatic amines is 1. The molecular formula is C25H30N6O2. The molecule has 4 rings (SSSR count). The van der Waals surface area contributed by atoms with Crippen molar-refractivity contribution in [3.63, 3.8) is 0 Å². The van der Waals surface area contributed by atoms with Crippen molar-refractivity contribution >= 4 is 22.6 Å². The zero-order valence-corrected chi connectivity index (χ0v) is 19.1. The number of amides is 1. The van der Waals surface area contributed by atoms with Gasteiger partial charge in [0.05, 0.1) is 30.4 Å². The van der Waals surface area contributed by atoms with Crippen LogP contribution in [0.15, 0.2) is 53.1 Å². The molecule has 0 aliphatic heterocycles. The van der Waals surface area contributed by atoms with Crippen LogP contribution in [0.1, 0.15) is 32.5 Å². The largest absolute Gasteiger partial charge is 0.436 e. The predicted molar refractivity (Wildman–Crippen MR) is 131 cm³/mol. The highest BCUT2D eigenvalue weighted by molar-refractivity contribution is 5.93. The number of carbonyl (C=O) groups excluding carboxylic acids is 1. The molecule has 0 fully saturated rings. The fourth-order valence-corrected chi connectivity index (χ4v) is 3.59. The third kappa shape index (κ3) is 5.66. The van der Waals surface area contributed by atoms with Crippen LogP contribution in [0.2, 0.25) is 0 Å². The quantitative estimate of drug-likeness (QED) is 0.256. The Balaban J connectivity index is 1.52. The normalized spacial score (nSPS) is 11.2. The Bertz CT molecular complexity index is 1210. The molecule has 2 aromatic carbocycles. The van der Waals surface area contributed by atoms with E-state index in [4.69, 9.17) is 9.40 Å². The van der Waals surface area contributed by atoms with Gasteiger partial charge in [-0.3, -0.25) is 4.79 Å². The minimum absolute atomic E-state index is 0.0756. The van der Waals surface area contributed by atoms with E-state index < -0.39 is 0 Å². The molecule has 8 nitrogen and oxygen atoms in total. The molecule has 2 aromatic heterocycles. The second-order valence-electron chi connectivity index (χ2n) is 7.90. The summed E-state index contributed by atoms with van der Waals surface area (Å²) < 4.78 is 6.11. The number of benzene rings is 2. The van der Waals surface area contributed by atoms with Gasteiger partial charge in [-0.2, -0.15) is 0 Å². The minimum atomic E-state index is -0.0756. The molecule has 0 aliphatic rings. The number of para-hydroxylation sites is 1. The van der Waals surface area contributed by atoms with E-state index in [-0.39, 0.29) is 12.5 Å². The lowest BCUT2D eigenvalue weighted by atomic mass is 10.1. The van der Waals surface area contributed by atoms with E-state index in [0.717, 1.165) is 53.9 Å². The number of aromatic nitrogens is 3. The lowest BCUT2D eigenvalue weighted by Gasteiger charge is -2.07. The molecule has 0 bridgehead atoms. The number of nitrogens with one attached hydrogen (secondary N) is 4. The number of anilines is 1. The van der Waals surface area contributed by atoms with E-state index in [1.54, 1.807) is 6.20 Å². The lowest BCUT2D eigenvalue weighted by molar-refractivity contribution is -0.115. The van der Waals surface area contributed by atoms with E-state index >= 15 is 0 Å². The van der Waals surface area contributed by atoms with Crippen LogP contribution in [0.5, 0.6) is 0 Å². The van der Waals surface area contributed by atoms with Crippen LogP contribution in [-0.2, 0) is 11.3 Å². The highest BCUT2D eigenvalue weighted by atomic mass is 16.4. The molecule has 172 valence electrons. The van der Waals surface area contributed by atoms with Gasteiger partial charge >= 0.3 is 0 Å². The molecule has 0 unspecified atom stereocenters. The van der Waals surface area contributed by atoms with E-state index in [1.165, 1.54) is 0 Å². The predicted octanol–water partition coefficient (Wildman–Crippen LogP) is 4.32. The van der Waals surface area contributed by atoms with Crippen LogP contribution in [-0.4, -0.2) is 40.5 Å². The van der Waals surface area contributed by atoms with Crippen molar-refractivity contribution in [2.24, 2.45) is 0 Å². The van der Waals surface area contributed by atoms with Crippen molar-refractivity contribution in [1.82, 2.24) is 25.6 Å². The van der Waals surface area contributed by atoms with E-state index in [1.807, 2.05) is 42.5 Å². The van der Waals surface area contributed by atoms with E-state index in [2.05, 4.69) is 39.8 Å². The number of imidazole rings is 1. The van der Waals surface area contributed by atoms with Gasteiger partial charge in [0, 0.05) is 11.3 Å². The number of fused-ring (bicyclic) bond motifs is 1. The first-order chi connectivity index (χ1) is 16.2. The van der Waals surface area contributed by atoms with Crippen LogP contribution in [0.4, 0.5) is 5.69 Å². The summed E-state index contributed by atoms with van der Waals surface area (Å²) in [6.45, 7) is 6.93. The van der Waals surface area contributed by atoms with E-state index in [9.17, 15) is 4.79 Å². The Morgan fingerprint density at radius 2 is 1.88 bits per heavy atom. The van der Waals surface area contributed by atoms with Gasteiger partial charge in [-0.1, -0.05) is 32.0 Å². The minimum Gasteiger partial charge on any atom is -0.436 e. The third-order valence-electron chi connectivity index (χ3n) is 5.16. The fraction of sp³-hybridized carbons (Fsp3) is 0.320. The zero-order chi connectivity index (χ0) is 23.0. The maximum Gasteiger partial charge on any atom is 0.238 e. The first-order valence-electron chi connectivity index (χ1n) is 11.4. The molecule has 4 aromatic rings. The van der Waals surface area contributed by atoms with Crippen LogP contribution in [0, 0.1) is 0 Å². The van der Waals surface area contributed by atoms with Crippen molar-refractivity contribution in [1.29, 1.82) is 0 Å². The van der Waals surface area contributed by atoms with Crippen molar-refractivity contribution < 1.29 is 9.21 Å². The number of nitrogens with zero attached hydrogens (tertiary/aromatic N) is 2. The molecule has 1 amide bonds. The summed E-state index contributed by atoms with van der Waals surface area (Å²) in [6.07, 6.45) is 3.76. The molecule has 2 heterocycles. The van der Waals surface area contributed by atoms with Crippen LogP contribution in [0.25, 0.3) is 33.8 Å². The standard InChI is InChI=1S/C25H30N6O2/c1-3-11-26-15-22-30-20-10-6-9-19(24(20)31-22)25-28-14-21(33-25)17-7-5-8-18(13-17)29-23(32)16-27-12-4-2/h5-10,13-14,26-27H,3-4,11-12,15-16H2,1-2H3,(H,29,32)(H,30,31). The average Bonchev–Trinajstić information content (AvgIpc) is 3.47. The van der Waals surface area contributed by atoms with Gasteiger partial charge in [0.15, 0.2) is 5.76 Å². The molecule has 0 atom stereocenters. The molecule has 33 heavy (non-hydrogen) atoms. The van der Waals surface area contributed by atoms with Gasteiger partial charge in [-0.15, -0.1) is 0 Å². The maximum absolute atomic E-state index is 12.1. The Morgan fingerprint density at radius 3 is 2.73 bits per heavy atom. The molecule has 4 N–H and O–H groups in total. The summed E-state index contributed by atoms with van der Waals surface area (Å²) in [4.78, 5) is 24.7. The first-order valence-corrected chi connectivity index (χ1v) is 11.4. The average molecular weight is 447 g/mol. The van der Waals surface area contributed by atoms with Gasteiger partial charge in [0.1, 0.15) is 11.3 Å². The van der Waals surface area contributed by atoms with Crippen molar-refractivity contribution in [2.75, 3.05) is 25.0 Å². The van der Waals surface area contributed by atoms with Gasteiger partial charge in [0.25, 0.3) is 0 Å². The fourth-order valence-electron chi connectivity index (χ4n) is 3.59. The Hall–Kier alpha value is -3.49. The van der Waals surface area contributed by atoms with Crippen LogP contribution < -0.4 is 16.0 Å². The molecule has 0 saturated carbocycles. The number of carbonyl (C=O) groups is 1. The molecule has 0 spiro atoms. The summed E-state index contributed by atoms with van der Waals surface area (Å²) in [5.41, 5.74) is 4.17. The van der Waals surface area contributed by atoms with Gasteiger partial charge in [0.2, 0.25) is 11.8 Å². The smallest absolute Gasteiger partial charge is 0.238 e. The Labute approximate surface area is 193 Å². The number of hydrogen-bond donors (Lipinski definition) is 4. The van der Waals surface area contributed by atoms with Crippen LogP contribution >= 0.6 is 0 Å². The molecule has 0 aliphatic carbocycles. The van der Waals surface area contributed by atoms with Gasteiger partial charge in [-0.25, -0.2) is 9.97 Å². The number of hydrogen-bond acceptors (Lipinski definition) is 6. The molecule has 0 saturated heterocycles. The monoisotopic (exact) mass is 446 g/mol. The first kappa shape index (κ1) is 22.7. The molecule has 8 heteroatoms. The van der Waals surface area contributed by atoms with Crippen molar-refractivity contribution in [2.45, 2.75) is 33.2 Å². The summed E-state index contributed by atoms with van der Waals surface area (Å²) in [5.74, 6) is 1.94. The lowest BCUT2D eigenvalue weighted by Crippen LogP contribution is -2.28. The number of oxazole rings is 1. The van der Waals surface area contributed by atoms with Crippen molar-refractivity contribution in [3.05, 3.63) is 54.5 Å². The van der Waals surface area contributed by atoms with Gasteiger partial charge in [-0.05, 0) is 50.2 Å².